The molecule has 0 amide bonds. The van der Waals surface area contributed by atoms with Gasteiger partial charge in [-0.3, -0.25) is 0 Å². The van der Waals surface area contributed by atoms with Crippen LogP contribution in [-0.2, 0) is 163 Å². The van der Waals surface area contributed by atoms with Gasteiger partial charge in [0.2, 0.25) is 0 Å². The van der Waals surface area contributed by atoms with E-state index in [1.54, 1.807) is 92.4 Å². The van der Waals surface area contributed by atoms with Crippen molar-refractivity contribution < 1.29 is 163 Å². The molecular weight excluding hydrogens is 2020 g/mol. The Balaban J connectivity index is 1.48. The Morgan fingerprint density at radius 3 is 0.349 bits per heavy atom. The zero-order valence-electron chi connectivity index (χ0n) is 100. The molecule has 0 aromatic carbocycles. The zero-order valence-corrected chi connectivity index (χ0v) is 108. The monoisotopic (exact) mass is 2230 g/mol. The molecule has 146 heavy (non-hydrogen) atoms. The van der Waals surface area contributed by atoms with Crippen molar-refractivity contribution in [1.29, 1.82) is 0 Å². The molecule has 0 spiro atoms. The highest BCUT2D eigenvalue weighted by molar-refractivity contribution is 6.77. The van der Waals surface area contributed by atoms with E-state index < -0.39 is 287 Å². The lowest BCUT2D eigenvalue weighted by Gasteiger charge is -2.54. The maximum Gasteiger partial charge on any atom is 0.192 e. The molecule has 0 aromatic rings. The average molecular weight is 2230 g/mol. The van der Waals surface area contributed by atoms with Crippen molar-refractivity contribution in [1.82, 2.24) is 0 Å². The second-order valence-corrected chi connectivity index (χ2v) is 91.9. The predicted molar refractivity (Wildman–Crippen MR) is 579 cm³/mol. The zero-order chi connectivity index (χ0) is 111. The Bertz CT molecular complexity index is 3770. The van der Waals surface area contributed by atoms with Crippen molar-refractivity contribution in [2.75, 3.05) is 139 Å². The van der Waals surface area contributed by atoms with Crippen LogP contribution in [0.25, 0.3) is 0 Å². The van der Waals surface area contributed by atoms with Gasteiger partial charge in [0.25, 0.3) is 0 Å². The SMILES string of the molecule is CO[C@@H]1[C@H](OC)[C@H]2O[C@H]3[C@H](OC)[C@@H](OC)[C@@H](O[C@H]4[C@H](OC)[C@@H](OC)[C@@H](O[C@H]5[C@H](OC)[C@@H](OC)[C@@H](O[C@H]6[C@H](OC)[C@@H](OC)[C@@H](O[C@H]7[C@H](O[Si](C)(C)C(C)(C)C)[C@@H](OC)[C@@H](O[C@H]8[C@@H](OC)[C@H](OC)[C@@H](O[C@@H]1[C@@H](CO[Si](C)(C)C(C)(C)C)O2)O[C@@H]8CO[Si](C)(C)C(C)(C)C)O[C@@H]7CO[Si](C)(C)C(C)(C)C)O[C@@H]6CO[Si](C)(C)C(C)(C)C)O[C@@H]5CO[Si](C)(C)C(C)(C)C)O[C@@H]4CO[Si](C)(C)C(C)(C)C)O[C@@H]3CO[Si](C)(C)C(C)(C)C. The van der Waals surface area contributed by atoms with Gasteiger partial charge in [0.1, 0.15) is 171 Å². The summed E-state index contributed by atoms with van der Waals surface area (Å²) in [4.78, 5) is 0. The van der Waals surface area contributed by atoms with Crippen LogP contribution in [0.4, 0.5) is 0 Å². The van der Waals surface area contributed by atoms with Crippen LogP contribution in [0, 0.1) is 0 Å². The highest BCUT2D eigenvalue weighted by Crippen LogP contribution is 2.51. The molecule has 862 valence electrons. The van der Waals surface area contributed by atoms with Gasteiger partial charge in [-0.25, -0.2) is 0 Å². The largest absolute Gasteiger partial charge is 0.414 e. The first kappa shape index (κ1) is 131. The quantitative estimate of drug-likeness (QED) is 0.0526. The number of methoxy groups -OCH3 is 13. The Morgan fingerprint density at radius 2 is 0.247 bits per heavy atom. The molecule has 0 N–H and O–H groups in total. The van der Waals surface area contributed by atoms with Crippen molar-refractivity contribution >= 4 is 66.5 Å². The van der Waals surface area contributed by atoms with Gasteiger partial charge >= 0.3 is 0 Å². The van der Waals surface area contributed by atoms with Crippen LogP contribution in [0.3, 0.4) is 0 Å². The molecular formula is C103H208O35Si8. The molecule has 21 aliphatic heterocycles. The van der Waals surface area contributed by atoms with E-state index in [4.69, 9.17) is 163 Å². The fraction of sp³-hybridized carbons (Fsp3) is 1.00. The summed E-state index contributed by atoms with van der Waals surface area (Å²) in [6.45, 7) is 87.6. The van der Waals surface area contributed by atoms with Crippen molar-refractivity contribution in [2.45, 2.75) is 526 Å². The Kier molecular flexibility index (Phi) is 46.0. The van der Waals surface area contributed by atoms with Gasteiger partial charge in [-0.05, 0) is 145 Å². The maximum atomic E-state index is 7.98. The summed E-state index contributed by atoms with van der Waals surface area (Å²) >= 11 is 0. The first-order valence-electron chi connectivity index (χ1n) is 53.1. The molecule has 0 unspecified atom stereocenters. The van der Waals surface area contributed by atoms with E-state index in [9.17, 15) is 0 Å². The molecule has 35 nitrogen and oxygen atoms in total. The summed E-state index contributed by atoms with van der Waals surface area (Å²) in [6.07, 6.45) is -38.7. The van der Waals surface area contributed by atoms with Crippen LogP contribution in [0.5, 0.6) is 0 Å². The molecule has 0 radical (unpaired) electrons. The topological polar surface area (TPSA) is 323 Å². The molecule has 35 atom stereocenters. The van der Waals surface area contributed by atoms with Crippen molar-refractivity contribution in [3.05, 3.63) is 0 Å². The lowest BCUT2D eigenvalue weighted by Crippen LogP contribution is -2.70. The van der Waals surface area contributed by atoms with Gasteiger partial charge < -0.3 is 163 Å². The van der Waals surface area contributed by atoms with Crippen LogP contribution < -0.4 is 0 Å². The van der Waals surface area contributed by atoms with Crippen LogP contribution in [-0.4, -0.2) is 420 Å². The highest BCUT2D eigenvalue weighted by atomic mass is 28.4. The number of hydrogen-bond acceptors (Lipinski definition) is 35. The first-order chi connectivity index (χ1) is 66.9. The van der Waals surface area contributed by atoms with Gasteiger partial charge in [-0.15, -0.1) is 0 Å². The molecule has 14 bridgehead atoms. The minimum absolute atomic E-state index is 0.0164. The highest BCUT2D eigenvalue weighted by Gasteiger charge is 2.66. The third kappa shape index (κ3) is 30.2. The van der Waals surface area contributed by atoms with E-state index in [0.717, 1.165) is 0 Å². The van der Waals surface area contributed by atoms with E-state index in [2.05, 4.69) is 271 Å². The smallest absolute Gasteiger partial charge is 0.192 e. The minimum atomic E-state index is -3.01. The molecule has 21 heterocycles. The van der Waals surface area contributed by atoms with Gasteiger partial charge in [0.05, 0.1) is 46.2 Å². The van der Waals surface area contributed by atoms with Gasteiger partial charge in [0.15, 0.2) is 111 Å². The standard InChI is InChI=1S/C103H208O35Si8/c1-96(2,3)139(38,39)117-54-61-68-75(104-25)83(111-32)90(125-61)133-70-63(56-119-141(42,43)98(7,8)9)127-92(85(113-34)77(70)106-27)135-72-65(58-121-143(46,47)100(13,14)15)129-94(87(115-36)79(72)108-29)137-74-67(60-123-145(50,51)102(19,20)21)130-95(88(116-37)81(74)138-146(52,53)103(22,23)24)136-73-66(59-122-144(48,49)101(16,17)18)128-93(86(114-35)80(73)109-30)134-71-64(57-120-142(44,45)99(10,11)12)126-91(84(112-33)78(71)107-28)132-69-62(55-118-140(40,41)97(4,5)6)124-89(131-68)82(110-31)76(69)105-26/h61-95H,54-60H2,1-53H3/t61-,62-,63-,64-,65-,66-,67-,68-,69-,70-,71-,72-,73-,74-,75+,76+,77+,78+,79+,80-,81+,82-,83-,84+,85-,86+,87-,88-,89-,90-,91-,92-,93-,94-,95-/m1/s1. The summed E-state index contributed by atoms with van der Waals surface area (Å²) in [6, 6.07) is 0. The van der Waals surface area contributed by atoms with Gasteiger partial charge in [-0.2, -0.15) is 0 Å². The maximum absolute atomic E-state index is 7.98. The van der Waals surface area contributed by atoms with Crippen molar-refractivity contribution in [3.8, 4) is 0 Å². The van der Waals surface area contributed by atoms with Gasteiger partial charge in [0, 0.05) is 92.4 Å². The lowest BCUT2D eigenvalue weighted by molar-refractivity contribution is -0.401. The molecule has 0 aliphatic carbocycles. The number of rotatable bonds is 36. The summed E-state index contributed by atoms with van der Waals surface area (Å²) in [5, 5.41) is -2.34. The minimum Gasteiger partial charge on any atom is -0.414 e. The van der Waals surface area contributed by atoms with E-state index >= 15 is 0 Å². The predicted octanol–water partition coefficient (Wildman–Crippen LogP) is 17.5. The van der Waals surface area contributed by atoms with Crippen molar-refractivity contribution in [2.24, 2.45) is 0 Å². The van der Waals surface area contributed by atoms with Crippen molar-refractivity contribution in [3.63, 3.8) is 0 Å². The average Bonchev–Trinajstić information content (AvgIpc) is 0.799. The fourth-order valence-corrected chi connectivity index (χ4v) is 26.0. The Hall–Kier alpha value is 0.335. The molecule has 0 saturated carbocycles. The van der Waals surface area contributed by atoms with Crippen LogP contribution in [0.15, 0.2) is 0 Å². The molecule has 21 aliphatic rings. The molecule has 0 aromatic heterocycles. The van der Waals surface area contributed by atoms with Gasteiger partial charge in [-0.1, -0.05) is 166 Å². The number of ether oxygens (including phenoxy) is 27. The Morgan fingerprint density at radius 1 is 0.144 bits per heavy atom. The van der Waals surface area contributed by atoms with E-state index in [1.165, 1.54) is 0 Å². The molecule has 21 rings (SSSR count). The second-order valence-electron chi connectivity index (χ2n) is 53.5. The third-order valence-electron chi connectivity index (χ3n) is 35.9. The molecule has 43 heteroatoms. The molecule has 21 fully saturated rings. The lowest BCUT2D eigenvalue weighted by atomic mass is 9.94. The fourth-order valence-electron chi connectivity index (χ4n) is 17.6. The van der Waals surface area contributed by atoms with E-state index in [0.29, 0.717) is 0 Å². The first-order valence-corrected chi connectivity index (χ1v) is 76.3. The summed E-state index contributed by atoms with van der Waals surface area (Å²) in [5.41, 5.74) is 0. The second kappa shape index (κ2) is 51.1. The number of hydrogen-bond donors (Lipinski definition) is 0. The van der Waals surface area contributed by atoms with Crippen LogP contribution in [0.2, 0.25) is 145 Å². The molecule has 21 saturated heterocycles. The van der Waals surface area contributed by atoms with E-state index in [1.807, 2.05) is 0 Å². The van der Waals surface area contributed by atoms with Crippen LogP contribution >= 0.6 is 0 Å². The third-order valence-corrected chi connectivity index (χ3v) is 71.8. The summed E-state index contributed by atoms with van der Waals surface area (Å²) < 4.78 is 256. The summed E-state index contributed by atoms with van der Waals surface area (Å²) in [7, 11) is -1.03. The van der Waals surface area contributed by atoms with Crippen LogP contribution in [0.1, 0.15) is 166 Å². The Labute approximate surface area is 889 Å². The summed E-state index contributed by atoms with van der Waals surface area (Å²) in [5.74, 6) is 0. The normalized spacial score (nSPS) is 36.8. The van der Waals surface area contributed by atoms with E-state index in [-0.39, 0.29) is 81.5 Å².